The number of benzene rings is 1. The fourth-order valence-electron chi connectivity index (χ4n) is 2.20. The highest BCUT2D eigenvalue weighted by Gasteiger charge is 2.24. The Labute approximate surface area is 167 Å². The van der Waals surface area contributed by atoms with Crippen LogP contribution in [0.25, 0.3) is 0 Å². The monoisotopic (exact) mass is 443 g/mol. The molecule has 3 aromatic rings. The number of hydrogen-bond acceptors (Lipinski definition) is 8. The predicted molar refractivity (Wildman–Crippen MR) is 106 cm³/mol. The van der Waals surface area contributed by atoms with Gasteiger partial charge in [-0.15, -0.1) is 0 Å². The smallest absolute Gasteiger partial charge is 0.319 e. The van der Waals surface area contributed by atoms with Crippen LogP contribution in [0.2, 0.25) is 0 Å². The van der Waals surface area contributed by atoms with Crippen LogP contribution in [-0.4, -0.2) is 25.8 Å². The number of pyridine rings is 1. The summed E-state index contributed by atoms with van der Waals surface area (Å²) in [7, 11) is 0. The van der Waals surface area contributed by atoms with Crippen LogP contribution < -0.4 is 16.2 Å². The second-order valence-electron chi connectivity index (χ2n) is 5.61. The summed E-state index contributed by atoms with van der Waals surface area (Å²) in [5, 5.41) is 14.3. The minimum absolute atomic E-state index is 0.0677. The van der Waals surface area contributed by atoms with E-state index < -0.39 is 16.5 Å². The molecule has 0 saturated carbocycles. The lowest BCUT2D eigenvalue weighted by Gasteiger charge is -2.10. The van der Waals surface area contributed by atoms with Crippen molar-refractivity contribution in [2.75, 3.05) is 10.7 Å². The number of halogens is 1. The number of amides is 1. The lowest BCUT2D eigenvalue weighted by atomic mass is 10.1. The lowest BCUT2D eigenvalue weighted by molar-refractivity contribution is -0.383. The number of nitrogens with one attached hydrogen (secondary N) is 3. The first kappa shape index (κ1) is 19.2. The van der Waals surface area contributed by atoms with Gasteiger partial charge in [-0.2, -0.15) is 0 Å². The van der Waals surface area contributed by atoms with Crippen molar-refractivity contribution in [2.24, 2.45) is 0 Å². The number of carbonyl (C=O) groups excluding carboxylic acids is 1. The molecule has 1 amide bonds. The summed E-state index contributed by atoms with van der Waals surface area (Å²) in [6, 6.07) is 10.2. The molecule has 0 bridgehead atoms. The van der Waals surface area contributed by atoms with Crippen molar-refractivity contribution in [1.29, 1.82) is 0 Å². The summed E-state index contributed by atoms with van der Waals surface area (Å²) >= 11 is 3.26. The van der Waals surface area contributed by atoms with Gasteiger partial charge in [0.05, 0.1) is 4.92 Å². The van der Waals surface area contributed by atoms with E-state index in [0.29, 0.717) is 11.4 Å². The molecule has 0 fully saturated rings. The van der Waals surface area contributed by atoms with Crippen LogP contribution in [-0.2, 0) is 0 Å². The average molecular weight is 444 g/mol. The molecule has 3 rings (SSSR count). The van der Waals surface area contributed by atoms with Gasteiger partial charge < -0.3 is 5.32 Å². The Kier molecular flexibility index (Phi) is 5.75. The zero-order valence-electron chi connectivity index (χ0n) is 14.5. The van der Waals surface area contributed by atoms with E-state index >= 15 is 0 Å². The Morgan fingerprint density at radius 2 is 1.79 bits per heavy atom. The van der Waals surface area contributed by atoms with Crippen molar-refractivity contribution in [1.82, 2.24) is 20.4 Å². The first-order chi connectivity index (χ1) is 13.4. The lowest BCUT2D eigenvalue weighted by Crippen LogP contribution is -2.30. The van der Waals surface area contributed by atoms with Crippen LogP contribution in [0.5, 0.6) is 0 Å². The van der Waals surface area contributed by atoms with Crippen molar-refractivity contribution < 1.29 is 9.72 Å². The molecule has 3 N–H and O–H groups in total. The standard InChI is InChI=1S/C17H14BrN7O3/c1-10-2-4-11(5-3-10)17(26)24-23-16-14(25(27)28)15(20-9-21-16)22-13-7-6-12(18)8-19-13/h2-9H,1H3,(H,24,26)(H2,19,20,21,22,23). The molecule has 10 nitrogen and oxygen atoms in total. The maximum Gasteiger partial charge on any atom is 0.355 e. The van der Waals surface area contributed by atoms with Crippen LogP contribution in [0.15, 0.2) is 53.4 Å². The normalized spacial score (nSPS) is 10.2. The van der Waals surface area contributed by atoms with Crippen molar-refractivity contribution >= 4 is 45.0 Å². The van der Waals surface area contributed by atoms with Gasteiger partial charge in [-0.1, -0.05) is 17.7 Å². The van der Waals surface area contributed by atoms with Crippen LogP contribution >= 0.6 is 15.9 Å². The first-order valence-electron chi connectivity index (χ1n) is 7.95. The third-order valence-electron chi connectivity index (χ3n) is 3.59. The molecule has 0 spiro atoms. The van der Waals surface area contributed by atoms with E-state index in [9.17, 15) is 14.9 Å². The molecule has 0 aliphatic heterocycles. The molecular weight excluding hydrogens is 430 g/mol. The van der Waals surface area contributed by atoms with Gasteiger partial charge in [-0.3, -0.25) is 25.8 Å². The fraction of sp³-hybridized carbons (Fsp3) is 0.0588. The van der Waals surface area contributed by atoms with Crippen LogP contribution in [0.4, 0.5) is 23.1 Å². The number of rotatable bonds is 6. The van der Waals surface area contributed by atoms with Gasteiger partial charge in [0, 0.05) is 16.2 Å². The molecule has 28 heavy (non-hydrogen) atoms. The Balaban J connectivity index is 1.80. The number of aryl methyl sites for hydroxylation is 1. The Hall–Kier alpha value is -3.60. The number of aromatic nitrogens is 3. The van der Waals surface area contributed by atoms with Crippen molar-refractivity contribution in [2.45, 2.75) is 6.92 Å². The maximum atomic E-state index is 12.2. The highest BCUT2D eigenvalue weighted by Crippen LogP contribution is 2.30. The Bertz CT molecular complexity index is 1010. The molecule has 0 saturated heterocycles. The van der Waals surface area contributed by atoms with Gasteiger partial charge in [0.2, 0.25) is 11.6 Å². The van der Waals surface area contributed by atoms with E-state index in [0.717, 1.165) is 16.4 Å². The summed E-state index contributed by atoms with van der Waals surface area (Å²) in [6.45, 7) is 1.90. The van der Waals surface area contributed by atoms with E-state index in [2.05, 4.69) is 47.1 Å². The summed E-state index contributed by atoms with van der Waals surface area (Å²) in [4.78, 5) is 34.9. The maximum absolute atomic E-state index is 12.2. The second-order valence-corrected chi connectivity index (χ2v) is 6.52. The summed E-state index contributed by atoms with van der Waals surface area (Å²) in [6.07, 6.45) is 2.67. The van der Waals surface area contributed by atoms with Gasteiger partial charge in [0.1, 0.15) is 12.1 Å². The second kappa shape index (κ2) is 8.39. The average Bonchev–Trinajstić information content (AvgIpc) is 2.68. The molecule has 0 atom stereocenters. The summed E-state index contributed by atoms with van der Waals surface area (Å²) < 4.78 is 0.761. The molecule has 0 radical (unpaired) electrons. The largest absolute Gasteiger partial charge is 0.355 e. The van der Waals surface area contributed by atoms with Crippen molar-refractivity contribution in [3.05, 3.63) is 74.6 Å². The number of nitro groups is 1. The van der Waals surface area contributed by atoms with E-state index in [1.807, 2.05) is 6.92 Å². The number of nitrogens with zero attached hydrogens (tertiary/aromatic N) is 4. The van der Waals surface area contributed by atoms with E-state index in [-0.39, 0.29) is 11.6 Å². The van der Waals surface area contributed by atoms with Gasteiger partial charge in [-0.05, 0) is 47.1 Å². The SMILES string of the molecule is Cc1ccc(C(=O)NNc2ncnc(Nc3ccc(Br)cn3)c2[N+](=O)[O-])cc1. The summed E-state index contributed by atoms with van der Waals surface area (Å²) in [5.74, 6) is -0.335. The van der Waals surface area contributed by atoms with E-state index in [4.69, 9.17) is 0 Å². The third kappa shape index (κ3) is 4.57. The molecule has 1 aromatic carbocycles. The number of anilines is 3. The minimum Gasteiger partial charge on any atom is -0.319 e. The molecule has 0 unspecified atom stereocenters. The molecule has 0 aliphatic carbocycles. The van der Waals surface area contributed by atoms with Gasteiger partial charge in [0.25, 0.3) is 5.91 Å². The zero-order chi connectivity index (χ0) is 20.1. The van der Waals surface area contributed by atoms with E-state index in [1.54, 1.807) is 36.4 Å². The van der Waals surface area contributed by atoms with Crippen LogP contribution in [0.1, 0.15) is 15.9 Å². The first-order valence-corrected chi connectivity index (χ1v) is 8.74. The number of hydrazine groups is 1. The molecule has 142 valence electrons. The molecule has 2 aromatic heterocycles. The van der Waals surface area contributed by atoms with Crippen molar-refractivity contribution in [3.63, 3.8) is 0 Å². The molecule has 0 aliphatic rings. The number of hydrogen-bond donors (Lipinski definition) is 3. The Morgan fingerprint density at radius 3 is 2.43 bits per heavy atom. The van der Waals surface area contributed by atoms with Crippen LogP contribution in [0.3, 0.4) is 0 Å². The fourth-order valence-corrected chi connectivity index (χ4v) is 2.43. The minimum atomic E-state index is -0.651. The highest BCUT2D eigenvalue weighted by atomic mass is 79.9. The topological polar surface area (TPSA) is 135 Å². The third-order valence-corrected chi connectivity index (χ3v) is 4.06. The van der Waals surface area contributed by atoms with Gasteiger partial charge >= 0.3 is 5.69 Å². The Morgan fingerprint density at radius 1 is 1.07 bits per heavy atom. The zero-order valence-corrected chi connectivity index (χ0v) is 16.1. The van der Waals surface area contributed by atoms with Gasteiger partial charge in [-0.25, -0.2) is 15.0 Å². The molecule has 11 heteroatoms. The van der Waals surface area contributed by atoms with E-state index in [1.165, 1.54) is 6.20 Å². The summed E-state index contributed by atoms with van der Waals surface area (Å²) in [5.41, 5.74) is 5.85. The van der Waals surface area contributed by atoms with Crippen molar-refractivity contribution in [3.8, 4) is 0 Å². The predicted octanol–water partition coefficient (Wildman–Crippen LogP) is 3.35. The van der Waals surface area contributed by atoms with Crippen LogP contribution in [0, 0.1) is 17.0 Å². The number of carbonyl (C=O) groups is 1. The molecule has 2 heterocycles. The molecular formula is C17H14BrN7O3. The van der Waals surface area contributed by atoms with Gasteiger partial charge in [0.15, 0.2) is 0 Å². The highest BCUT2D eigenvalue weighted by molar-refractivity contribution is 9.10. The quantitative estimate of drug-likeness (QED) is 0.389.